The summed E-state index contributed by atoms with van der Waals surface area (Å²) < 4.78 is 0. The minimum absolute atomic E-state index is 0.326. The molecule has 0 atom stereocenters. The van der Waals surface area contributed by atoms with Crippen molar-refractivity contribution in [2.24, 2.45) is 10.7 Å². The number of carboxylic acids is 1. The SMILES string of the molecule is CC/N=C(/N)C(=O)O. The molecule has 0 aromatic heterocycles. The first kappa shape index (κ1) is 6.94. The van der Waals surface area contributed by atoms with Crippen LogP contribution in [0.2, 0.25) is 0 Å². The fourth-order valence-electron chi connectivity index (χ4n) is 0.238. The first-order valence-electron chi connectivity index (χ1n) is 2.21. The Kier molecular flexibility index (Phi) is 2.61. The summed E-state index contributed by atoms with van der Waals surface area (Å²) in [7, 11) is 0. The highest BCUT2D eigenvalue weighted by Gasteiger charge is 1.98. The lowest BCUT2D eigenvalue weighted by atomic mass is 10.6. The van der Waals surface area contributed by atoms with Gasteiger partial charge in [0, 0.05) is 6.54 Å². The molecule has 0 radical (unpaired) electrons. The number of carboxylic acid groups (broad SMARTS) is 1. The van der Waals surface area contributed by atoms with Gasteiger partial charge in [-0.25, -0.2) is 4.79 Å². The summed E-state index contributed by atoms with van der Waals surface area (Å²) in [5, 5.41) is 8.06. The van der Waals surface area contributed by atoms with Crippen molar-refractivity contribution in [2.45, 2.75) is 6.92 Å². The van der Waals surface area contributed by atoms with Gasteiger partial charge in [0.1, 0.15) is 0 Å². The Balaban J connectivity index is 3.80. The number of carbonyl (C=O) groups is 1. The molecule has 8 heavy (non-hydrogen) atoms. The van der Waals surface area contributed by atoms with E-state index in [2.05, 4.69) is 4.99 Å². The average Bonchev–Trinajstić information content (AvgIpc) is 1.67. The molecule has 3 N–H and O–H groups in total. The summed E-state index contributed by atoms with van der Waals surface area (Å²) in [6, 6.07) is 0. The summed E-state index contributed by atoms with van der Waals surface area (Å²) >= 11 is 0. The van der Waals surface area contributed by atoms with Gasteiger partial charge >= 0.3 is 5.97 Å². The highest BCUT2D eigenvalue weighted by molar-refractivity contribution is 6.33. The first-order chi connectivity index (χ1) is 3.68. The number of amidine groups is 1. The molecule has 0 bridgehead atoms. The maximum atomic E-state index is 9.83. The van der Waals surface area contributed by atoms with Gasteiger partial charge in [0.2, 0.25) is 5.84 Å². The van der Waals surface area contributed by atoms with Crippen LogP contribution in [0.15, 0.2) is 4.99 Å². The van der Waals surface area contributed by atoms with Gasteiger partial charge in [-0.15, -0.1) is 0 Å². The van der Waals surface area contributed by atoms with E-state index < -0.39 is 5.97 Å². The molecule has 0 rings (SSSR count). The molecule has 0 fully saturated rings. The highest BCUT2D eigenvalue weighted by atomic mass is 16.4. The summed E-state index contributed by atoms with van der Waals surface area (Å²) in [6.45, 7) is 2.13. The lowest BCUT2D eigenvalue weighted by Gasteiger charge is -1.87. The Morgan fingerprint density at radius 1 is 1.88 bits per heavy atom. The maximum absolute atomic E-state index is 9.83. The topological polar surface area (TPSA) is 75.7 Å². The zero-order valence-electron chi connectivity index (χ0n) is 4.59. The van der Waals surface area contributed by atoms with Crippen LogP contribution < -0.4 is 5.73 Å². The second-order valence-electron chi connectivity index (χ2n) is 1.16. The highest BCUT2D eigenvalue weighted by Crippen LogP contribution is 1.68. The van der Waals surface area contributed by atoms with E-state index in [1.54, 1.807) is 6.92 Å². The molecule has 4 heteroatoms. The monoisotopic (exact) mass is 116 g/mol. The van der Waals surface area contributed by atoms with Gasteiger partial charge in [-0.1, -0.05) is 0 Å². The van der Waals surface area contributed by atoms with Crippen molar-refractivity contribution in [1.29, 1.82) is 0 Å². The van der Waals surface area contributed by atoms with E-state index in [4.69, 9.17) is 10.8 Å². The van der Waals surface area contributed by atoms with Gasteiger partial charge < -0.3 is 10.8 Å². The van der Waals surface area contributed by atoms with Gasteiger partial charge in [-0.05, 0) is 6.92 Å². The molecule has 0 aromatic carbocycles. The molecule has 0 unspecified atom stereocenters. The lowest BCUT2D eigenvalue weighted by molar-refractivity contribution is -0.129. The Bertz CT molecular complexity index is 119. The number of nitrogens with zero attached hydrogens (tertiary/aromatic N) is 1. The molecule has 0 aliphatic rings. The van der Waals surface area contributed by atoms with Crippen molar-refractivity contribution in [3.05, 3.63) is 0 Å². The van der Waals surface area contributed by atoms with E-state index in [-0.39, 0.29) is 5.84 Å². The third kappa shape index (κ3) is 2.17. The smallest absolute Gasteiger partial charge is 0.370 e. The molecule has 46 valence electrons. The van der Waals surface area contributed by atoms with Crippen molar-refractivity contribution in [2.75, 3.05) is 6.54 Å². The summed E-state index contributed by atoms with van der Waals surface area (Å²) in [5.74, 6) is -1.49. The number of hydrogen-bond donors (Lipinski definition) is 2. The van der Waals surface area contributed by atoms with Crippen LogP contribution in [0, 0.1) is 0 Å². The standard InChI is InChI=1S/C4H8N2O2/c1-2-6-3(5)4(7)8/h2H2,1H3,(H2,5,6)(H,7,8). The van der Waals surface area contributed by atoms with Gasteiger partial charge in [0.05, 0.1) is 0 Å². The van der Waals surface area contributed by atoms with E-state index in [9.17, 15) is 4.79 Å². The van der Waals surface area contributed by atoms with Crippen LogP contribution in [0.1, 0.15) is 6.92 Å². The van der Waals surface area contributed by atoms with E-state index in [0.717, 1.165) is 0 Å². The van der Waals surface area contributed by atoms with Gasteiger partial charge in [-0.2, -0.15) is 0 Å². The van der Waals surface area contributed by atoms with Crippen molar-refractivity contribution in [3.63, 3.8) is 0 Å². The Hall–Kier alpha value is -1.06. The number of aliphatic imine (C=N–C) groups is 1. The minimum Gasteiger partial charge on any atom is -0.475 e. The molecule has 0 saturated carbocycles. The third-order valence-corrected chi connectivity index (χ3v) is 0.548. The zero-order chi connectivity index (χ0) is 6.57. The second-order valence-corrected chi connectivity index (χ2v) is 1.16. The molecule has 0 saturated heterocycles. The Morgan fingerprint density at radius 3 is 2.50 bits per heavy atom. The van der Waals surface area contributed by atoms with Crippen LogP contribution >= 0.6 is 0 Å². The Labute approximate surface area is 47.0 Å². The van der Waals surface area contributed by atoms with Crippen molar-refractivity contribution >= 4 is 11.8 Å². The molecule has 0 amide bonds. The summed E-state index contributed by atoms with van der Waals surface area (Å²) in [4.78, 5) is 13.3. The van der Waals surface area contributed by atoms with Gasteiger partial charge in [0.25, 0.3) is 0 Å². The van der Waals surface area contributed by atoms with Crippen LogP contribution in [-0.4, -0.2) is 23.5 Å². The van der Waals surface area contributed by atoms with Crippen LogP contribution in [0.5, 0.6) is 0 Å². The number of hydrogen-bond acceptors (Lipinski definition) is 2. The normalized spacial score (nSPS) is 11.4. The lowest BCUT2D eigenvalue weighted by Crippen LogP contribution is -2.23. The fraction of sp³-hybridized carbons (Fsp3) is 0.500. The Morgan fingerprint density at radius 2 is 2.38 bits per heavy atom. The molecule has 0 aliphatic carbocycles. The van der Waals surface area contributed by atoms with Crippen LogP contribution in [0.4, 0.5) is 0 Å². The number of aliphatic carboxylic acids is 1. The van der Waals surface area contributed by atoms with E-state index in [0.29, 0.717) is 6.54 Å². The first-order valence-corrected chi connectivity index (χ1v) is 2.21. The minimum atomic E-state index is -1.16. The quantitative estimate of drug-likeness (QED) is 0.356. The largest absolute Gasteiger partial charge is 0.475 e. The summed E-state index contributed by atoms with van der Waals surface area (Å²) in [6.07, 6.45) is 0. The fourth-order valence-corrected chi connectivity index (χ4v) is 0.238. The molecule has 4 nitrogen and oxygen atoms in total. The van der Waals surface area contributed by atoms with E-state index in [1.165, 1.54) is 0 Å². The summed E-state index contributed by atoms with van der Waals surface area (Å²) in [5.41, 5.74) is 4.88. The van der Waals surface area contributed by atoms with Crippen molar-refractivity contribution in [1.82, 2.24) is 0 Å². The van der Waals surface area contributed by atoms with Crippen molar-refractivity contribution < 1.29 is 9.90 Å². The number of rotatable bonds is 1. The number of nitrogens with two attached hydrogens (primary N) is 1. The van der Waals surface area contributed by atoms with Crippen molar-refractivity contribution in [3.8, 4) is 0 Å². The van der Waals surface area contributed by atoms with Gasteiger partial charge in [-0.3, -0.25) is 4.99 Å². The van der Waals surface area contributed by atoms with E-state index in [1.807, 2.05) is 0 Å². The van der Waals surface area contributed by atoms with E-state index >= 15 is 0 Å². The van der Waals surface area contributed by atoms with Crippen LogP contribution in [-0.2, 0) is 4.79 Å². The predicted octanol–water partition coefficient (Wildman–Crippen LogP) is -0.552. The maximum Gasteiger partial charge on any atom is 0.370 e. The average molecular weight is 116 g/mol. The molecular weight excluding hydrogens is 108 g/mol. The third-order valence-electron chi connectivity index (χ3n) is 0.548. The molecular formula is C4H8N2O2. The molecule has 0 spiro atoms. The second kappa shape index (κ2) is 3.01. The van der Waals surface area contributed by atoms with Crippen LogP contribution in [0.25, 0.3) is 0 Å². The molecule has 0 heterocycles. The predicted molar refractivity (Wildman–Crippen MR) is 29.8 cm³/mol. The zero-order valence-corrected chi connectivity index (χ0v) is 4.59. The van der Waals surface area contributed by atoms with Gasteiger partial charge in [0.15, 0.2) is 0 Å². The van der Waals surface area contributed by atoms with Crippen LogP contribution in [0.3, 0.4) is 0 Å². The molecule has 0 aliphatic heterocycles. The molecule has 0 aromatic rings.